The van der Waals surface area contributed by atoms with E-state index in [0.717, 1.165) is 31.6 Å². The fourth-order valence-electron chi connectivity index (χ4n) is 4.11. The number of nitrogens with one attached hydrogen (secondary N) is 1. The van der Waals surface area contributed by atoms with Gasteiger partial charge in [0.05, 0.1) is 17.5 Å². The number of piperidine rings is 1. The van der Waals surface area contributed by atoms with Gasteiger partial charge in [-0.15, -0.1) is 0 Å². The smallest absolute Gasteiger partial charge is 0.368 e. The quantitative estimate of drug-likeness (QED) is 0.551. The van der Waals surface area contributed by atoms with Crippen LogP contribution >= 0.6 is 0 Å². The molecule has 0 aromatic heterocycles. The van der Waals surface area contributed by atoms with Gasteiger partial charge in [0.25, 0.3) is 0 Å². The highest BCUT2D eigenvalue weighted by atomic mass is 16.5. The fourth-order valence-corrected chi connectivity index (χ4v) is 4.11. The lowest BCUT2D eigenvalue weighted by Crippen LogP contribution is -2.47. The van der Waals surface area contributed by atoms with Gasteiger partial charge in [-0.3, -0.25) is 0 Å². The Bertz CT molecular complexity index is 1110. The van der Waals surface area contributed by atoms with E-state index in [1.165, 1.54) is 0 Å². The van der Waals surface area contributed by atoms with E-state index in [-0.39, 0.29) is 18.6 Å². The molecule has 2 amide bonds. The monoisotopic (exact) mass is 452 g/mol. The average Bonchev–Trinajstić information content (AvgIpc) is 3.23. The molecule has 0 bridgehead atoms. The Labute approximate surface area is 191 Å². The van der Waals surface area contributed by atoms with E-state index in [4.69, 9.17) is 9.47 Å². The van der Waals surface area contributed by atoms with Crippen molar-refractivity contribution in [1.82, 2.24) is 5.32 Å². The lowest BCUT2D eigenvalue weighted by Gasteiger charge is -2.37. The minimum Gasteiger partial charge on any atom is -0.488 e. The second-order valence-corrected chi connectivity index (χ2v) is 8.00. The summed E-state index contributed by atoms with van der Waals surface area (Å²) in [4.78, 5) is 33.4. The molecule has 174 valence electrons. The third kappa shape index (κ3) is 5.55. The maximum Gasteiger partial charge on any atom is 0.368 e. The number of carbonyl (C=O) groups is 2. The molecule has 2 aliphatic rings. The van der Waals surface area contributed by atoms with E-state index in [9.17, 15) is 14.7 Å². The fraction of sp³-hybridized carbons (Fsp3) is 0.417. The maximum absolute atomic E-state index is 12.0. The Kier molecular flexibility index (Phi) is 7.31. The van der Waals surface area contributed by atoms with Crippen LogP contribution in [0.1, 0.15) is 30.1 Å². The topological polar surface area (TPSA) is 113 Å². The normalized spacial score (nSPS) is 16.4. The van der Waals surface area contributed by atoms with Gasteiger partial charge in [0, 0.05) is 18.3 Å². The molecule has 1 saturated heterocycles. The van der Waals surface area contributed by atoms with E-state index in [0.29, 0.717) is 35.2 Å². The standard InChI is InChI=1S/C24H28N4O5/c1-2-32-23(30)16-6-8-17(9-7-16)28(18-10-12-25-13-11-18)14-19(29)15-33-21-5-3-4-20-22(21)27-24(31)26-20/h3-9,18-19,25,29H,2,10-15H2,1H3/t19-/m0/s1. The molecule has 0 saturated carbocycles. The summed E-state index contributed by atoms with van der Waals surface area (Å²) in [6.45, 7) is 4.32. The highest BCUT2D eigenvalue weighted by molar-refractivity contribution is 5.89. The van der Waals surface area contributed by atoms with Crippen LogP contribution in [-0.2, 0) is 4.74 Å². The van der Waals surface area contributed by atoms with Crippen molar-refractivity contribution in [2.24, 2.45) is 9.98 Å². The van der Waals surface area contributed by atoms with Gasteiger partial charge in [-0.2, -0.15) is 9.98 Å². The number of aliphatic hydroxyl groups excluding tert-OH is 1. The van der Waals surface area contributed by atoms with E-state index >= 15 is 0 Å². The first-order valence-electron chi connectivity index (χ1n) is 11.2. The number of amides is 2. The molecule has 0 unspecified atom stereocenters. The zero-order valence-corrected chi connectivity index (χ0v) is 18.6. The Morgan fingerprint density at radius 2 is 1.94 bits per heavy atom. The van der Waals surface area contributed by atoms with Crippen LogP contribution in [0.3, 0.4) is 0 Å². The van der Waals surface area contributed by atoms with Gasteiger partial charge >= 0.3 is 12.0 Å². The molecule has 9 nitrogen and oxygen atoms in total. The molecule has 2 aliphatic heterocycles. The molecular formula is C24H28N4O5. The summed E-state index contributed by atoms with van der Waals surface area (Å²) in [5, 5.41) is 15.1. The van der Waals surface area contributed by atoms with Gasteiger partial charge in [-0.25, -0.2) is 9.59 Å². The van der Waals surface area contributed by atoms with Gasteiger partial charge in [-0.05, 0) is 69.3 Å². The number of hydrogen-bond donors (Lipinski definition) is 2. The number of rotatable bonds is 9. The minimum atomic E-state index is -0.783. The molecule has 1 fully saturated rings. The highest BCUT2D eigenvalue weighted by Gasteiger charge is 2.24. The Morgan fingerprint density at radius 1 is 1.18 bits per heavy atom. The van der Waals surface area contributed by atoms with Gasteiger partial charge in [0.15, 0.2) is 0 Å². The average molecular weight is 453 g/mol. The van der Waals surface area contributed by atoms with Crippen LogP contribution in [0.25, 0.3) is 0 Å². The number of esters is 1. The van der Waals surface area contributed by atoms with Crippen LogP contribution in [-0.4, -0.2) is 62.1 Å². The number of carbonyl (C=O) groups excluding carboxylic acids is 2. The first-order valence-corrected chi connectivity index (χ1v) is 11.2. The molecule has 0 radical (unpaired) electrons. The van der Waals surface area contributed by atoms with Crippen LogP contribution in [0, 0.1) is 0 Å². The van der Waals surface area contributed by atoms with E-state index in [2.05, 4.69) is 20.2 Å². The summed E-state index contributed by atoms with van der Waals surface area (Å²) in [6.07, 6.45) is 1.11. The largest absolute Gasteiger partial charge is 0.488 e. The molecule has 4 rings (SSSR count). The molecule has 1 atom stereocenters. The van der Waals surface area contributed by atoms with Crippen LogP contribution in [0.4, 0.5) is 10.5 Å². The summed E-state index contributed by atoms with van der Waals surface area (Å²) >= 11 is 0. The number of urea groups is 1. The van der Waals surface area contributed by atoms with Crippen molar-refractivity contribution in [3.8, 4) is 5.75 Å². The van der Waals surface area contributed by atoms with Crippen LogP contribution < -0.4 is 25.7 Å². The lowest BCUT2D eigenvalue weighted by atomic mass is 10.0. The molecule has 2 aromatic carbocycles. The molecule has 2 N–H and O–H groups in total. The van der Waals surface area contributed by atoms with E-state index in [1.54, 1.807) is 37.3 Å². The lowest BCUT2D eigenvalue weighted by molar-refractivity contribution is 0.0526. The number of nitrogens with zero attached hydrogens (tertiary/aromatic N) is 3. The number of benzene rings is 2. The summed E-state index contributed by atoms with van der Waals surface area (Å²) in [6, 6.07) is 12.1. The van der Waals surface area contributed by atoms with E-state index < -0.39 is 12.1 Å². The molecule has 2 aromatic rings. The third-order valence-corrected chi connectivity index (χ3v) is 5.70. The van der Waals surface area contributed by atoms with Crippen LogP contribution in [0.2, 0.25) is 0 Å². The van der Waals surface area contributed by atoms with Crippen molar-refractivity contribution in [3.05, 3.63) is 58.7 Å². The summed E-state index contributed by atoms with van der Waals surface area (Å²) in [5.74, 6) is 0.0743. The predicted octanol–water partition coefficient (Wildman–Crippen LogP) is 1.23. The Balaban J connectivity index is 1.46. The number of fused-ring (bicyclic) bond motifs is 1. The van der Waals surface area contributed by atoms with Crippen molar-refractivity contribution in [3.63, 3.8) is 0 Å². The van der Waals surface area contributed by atoms with Crippen LogP contribution in [0.5, 0.6) is 5.75 Å². The first-order chi connectivity index (χ1) is 16.0. The van der Waals surface area contributed by atoms with Gasteiger partial charge in [0.1, 0.15) is 23.8 Å². The van der Waals surface area contributed by atoms with Crippen molar-refractivity contribution >= 4 is 17.7 Å². The Hall–Kier alpha value is -3.30. The molecule has 2 heterocycles. The van der Waals surface area contributed by atoms with Crippen molar-refractivity contribution in [2.45, 2.75) is 31.9 Å². The number of aliphatic hydroxyl groups is 1. The number of ether oxygens (including phenoxy) is 2. The SMILES string of the molecule is CCOC(=O)c1ccc(N(C[C@H](O)COc2cccc3c2=NC(=O)N=3)C2CCNCC2)cc1. The molecular weight excluding hydrogens is 424 g/mol. The van der Waals surface area contributed by atoms with E-state index in [1.807, 2.05) is 12.1 Å². The molecule has 0 aliphatic carbocycles. The van der Waals surface area contributed by atoms with Gasteiger partial charge in [0.2, 0.25) is 0 Å². The summed E-state index contributed by atoms with van der Waals surface area (Å²) in [7, 11) is 0. The first kappa shape index (κ1) is 22.9. The maximum atomic E-state index is 12.0. The number of anilines is 1. The number of para-hydroxylation sites is 1. The van der Waals surface area contributed by atoms with Crippen LogP contribution in [0.15, 0.2) is 52.4 Å². The second-order valence-electron chi connectivity index (χ2n) is 8.00. The molecule has 0 spiro atoms. The zero-order chi connectivity index (χ0) is 23.2. The summed E-state index contributed by atoms with van der Waals surface area (Å²) in [5.41, 5.74) is 1.42. The summed E-state index contributed by atoms with van der Waals surface area (Å²) < 4.78 is 10.9. The molecule has 9 heteroatoms. The predicted molar refractivity (Wildman–Crippen MR) is 121 cm³/mol. The van der Waals surface area contributed by atoms with Crippen molar-refractivity contribution in [2.75, 3.05) is 37.7 Å². The zero-order valence-electron chi connectivity index (χ0n) is 18.6. The van der Waals surface area contributed by atoms with Gasteiger partial charge < -0.3 is 24.8 Å². The number of hydrogen-bond acceptors (Lipinski definition) is 7. The second kappa shape index (κ2) is 10.5. The minimum absolute atomic E-state index is 0.0442. The van der Waals surface area contributed by atoms with Gasteiger partial charge in [-0.1, -0.05) is 6.07 Å². The molecule has 33 heavy (non-hydrogen) atoms. The third-order valence-electron chi connectivity index (χ3n) is 5.70. The van der Waals surface area contributed by atoms with Crippen molar-refractivity contribution < 1.29 is 24.2 Å². The Morgan fingerprint density at radius 3 is 2.67 bits per heavy atom. The highest BCUT2D eigenvalue weighted by Crippen LogP contribution is 2.23. The van der Waals surface area contributed by atoms with Crippen molar-refractivity contribution in [1.29, 1.82) is 0 Å².